The van der Waals surface area contributed by atoms with Gasteiger partial charge in [0.05, 0.1) is 25.4 Å². The molecule has 0 saturated carbocycles. The van der Waals surface area contributed by atoms with Crippen molar-refractivity contribution in [2.24, 2.45) is 5.73 Å². The van der Waals surface area contributed by atoms with Gasteiger partial charge in [-0.1, -0.05) is 236 Å². The zero-order valence-corrected chi connectivity index (χ0v) is 40.8. The van der Waals surface area contributed by atoms with Crippen LogP contribution in [0.3, 0.4) is 0 Å². The molecule has 0 spiro atoms. The molecule has 0 aliphatic carbocycles. The van der Waals surface area contributed by atoms with E-state index in [1.165, 1.54) is 148 Å². The predicted molar refractivity (Wildman–Crippen MR) is 263 cm³/mol. The van der Waals surface area contributed by atoms with Gasteiger partial charge in [0.25, 0.3) is 0 Å². The summed E-state index contributed by atoms with van der Waals surface area (Å²) in [6.07, 6.45) is 59.9. The first-order chi connectivity index (χ1) is 29.9. The van der Waals surface area contributed by atoms with Gasteiger partial charge in [0.2, 0.25) is 5.91 Å². The third kappa shape index (κ3) is 46.3. The van der Waals surface area contributed by atoms with E-state index in [1.807, 2.05) is 0 Å². The number of hydrogen-bond donors (Lipinski definition) is 4. The molecule has 0 aromatic carbocycles. The number of nitrogens with one attached hydrogen (secondary N) is 1. The number of unbranched alkanes of at least 4 members (excludes halogenated alkanes) is 28. The first kappa shape index (κ1) is 59.5. The molecule has 0 aliphatic heterocycles. The highest BCUT2D eigenvalue weighted by atomic mass is 31.2. The Morgan fingerprint density at radius 3 is 1.39 bits per heavy atom. The lowest BCUT2D eigenvalue weighted by Crippen LogP contribution is -2.46. The molecule has 0 saturated heterocycles. The van der Waals surface area contributed by atoms with Crippen molar-refractivity contribution in [3.05, 3.63) is 48.6 Å². The summed E-state index contributed by atoms with van der Waals surface area (Å²) >= 11 is 0. The van der Waals surface area contributed by atoms with Gasteiger partial charge in [0, 0.05) is 13.0 Å². The van der Waals surface area contributed by atoms with Crippen LogP contribution in [0.5, 0.6) is 0 Å². The van der Waals surface area contributed by atoms with Crippen LogP contribution in [0.15, 0.2) is 48.6 Å². The minimum atomic E-state index is -4.33. The number of hydrogen-bond acceptors (Lipinski definition) is 6. The molecule has 3 atom stereocenters. The van der Waals surface area contributed by atoms with Crippen LogP contribution in [-0.2, 0) is 18.4 Å². The van der Waals surface area contributed by atoms with Crippen LogP contribution in [0.25, 0.3) is 0 Å². The van der Waals surface area contributed by atoms with Gasteiger partial charge in [-0.05, 0) is 51.4 Å². The topological polar surface area (TPSA) is 131 Å². The summed E-state index contributed by atoms with van der Waals surface area (Å²) in [7, 11) is -4.33. The molecule has 0 aromatic rings. The Labute approximate surface area is 377 Å². The number of phosphoric ester groups is 1. The van der Waals surface area contributed by atoms with Gasteiger partial charge in [-0.25, -0.2) is 4.57 Å². The largest absolute Gasteiger partial charge is 0.472 e. The second kappa shape index (κ2) is 47.9. The van der Waals surface area contributed by atoms with Crippen molar-refractivity contribution in [1.29, 1.82) is 0 Å². The number of nitrogens with two attached hydrogens (primary N) is 1. The minimum absolute atomic E-state index is 0.0862. The highest BCUT2D eigenvalue weighted by Gasteiger charge is 2.27. The zero-order chi connectivity index (χ0) is 44.6. The molecule has 1 amide bonds. The molecule has 0 rings (SSSR count). The van der Waals surface area contributed by atoms with Crippen LogP contribution in [0.4, 0.5) is 0 Å². The number of allylic oxidation sites excluding steroid dienone is 8. The third-order valence-electron chi connectivity index (χ3n) is 11.4. The van der Waals surface area contributed by atoms with Crippen molar-refractivity contribution < 1.29 is 28.4 Å². The second-order valence-electron chi connectivity index (χ2n) is 17.4. The Kier molecular flexibility index (Phi) is 46.7. The lowest BCUT2D eigenvalue weighted by atomic mass is 10.0. The Morgan fingerprint density at radius 2 is 0.951 bits per heavy atom. The molecular formula is C52H99N2O6P. The lowest BCUT2D eigenvalue weighted by Gasteiger charge is -2.25. The minimum Gasteiger partial charge on any atom is -0.391 e. The van der Waals surface area contributed by atoms with Crippen molar-refractivity contribution >= 4 is 13.7 Å². The summed E-state index contributed by atoms with van der Waals surface area (Å²) in [5.74, 6) is -0.169. The van der Waals surface area contributed by atoms with E-state index in [1.54, 1.807) is 0 Å². The Morgan fingerprint density at radius 1 is 0.557 bits per heavy atom. The van der Waals surface area contributed by atoms with Crippen LogP contribution in [0.2, 0.25) is 0 Å². The van der Waals surface area contributed by atoms with Gasteiger partial charge in [0.1, 0.15) is 0 Å². The highest BCUT2D eigenvalue weighted by Crippen LogP contribution is 2.43. The van der Waals surface area contributed by atoms with Crippen LogP contribution >= 0.6 is 7.82 Å². The maximum atomic E-state index is 12.8. The first-order valence-electron chi connectivity index (χ1n) is 25.8. The van der Waals surface area contributed by atoms with Crippen LogP contribution < -0.4 is 11.1 Å². The number of carbonyl (C=O) groups excluding carboxylic acids is 1. The monoisotopic (exact) mass is 879 g/mol. The first-order valence-corrected chi connectivity index (χ1v) is 27.2. The van der Waals surface area contributed by atoms with E-state index in [-0.39, 0.29) is 25.7 Å². The number of phosphoric acid groups is 1. The fraction of sp³-hybridized carbons (Fsp3) is 0.827. The van der Waals surface area contributed by atoms with Gasteiger partial charge in [-0.15, -0.1) is 0 Å². The van der Waals surface area contributed by atoms with Crippen LogP contribution in [0, 0.1) is 0 Å². The molecule has 0 fully saturated rings. The predicted octanol–water partition coefficient (Wildman–Crippen LogP) is 15.2. The maximum Gasteiger partial charge on any atom is 0.472 e. The maximum absolute atomic E-state index is 12.8. The van der Waals surface area contributed by atoms with E-state index in [9.17, 15) is 19.4 Å². The zero-order valence-electron chi connectivity index (χ0n) is 39.9. The Balaban J connectivity index is 4.06. The highest BCUT2D eigenvalue weighted by molar-refractivity contribution is 7.47. The van der Waals surface area contributed by atoms with Gasteiger partial charge in [-0.2, -0.15) is 0 Å². The van der Waals surface area contributed by atoms with E-state index in [2.05, 4.69) is 67.8 Å². The van der Waals surface area contributed by atoms with E-state index in [0.29, 0.717) is 12.8 Å². The third-order valence-corrected chi connectivity index (χ3v) is 12.4. The quantitative estimate of drug-likeness (QED) is 0.0272. The number of amides is 1. The molecule has 358 valence electrons. The van der Waals surface area contributed by atoms with Crippen molar-refractivity contribution in [3.63, 3.8) is 0 Å². The molecule has 0 aromatic heterocycles. The normalized spacial score (nSPS) is 14.2. The molecule has 0 bridgehead atoms. The molecule has 0 aliphatic rings. The van der Waals surface area contributed by atoms with E-state index < -0.39 is 20.0 Å². The standard InChI is InChI=1S/C52H99N2O6P/c1-3-5-7-9-11-13-15-17-19-21-23-25-27-29-31-33-35-37-39-41-43-45-51(55)50(49-60-61(57,58)59-48-47-53)54-52(56)46-44-42-40-38-36-34-32-30-28-26-24-22-20-18-16-14-12-10-8-6-4-2/h6,8,12,14,18,20,24,26,50-51,55H,3-5,7,9-11,13,15-17,19,21-23,25,27-49,53H2,1-2H3,(H,54,56)(H,57,58)/b8-6-,14-12-,20-18-,26-24-. The molecular weight excluding hydrogens is 780 g/mol. The Hall–Kier alpha value is -1.54. The molecule has 0 radical (unpaired) electrons. The summed E-state index contributed by atoms with van der Waals surface area (Å²) in [6, 6.07) is -0.781. The van der Waals surface area contributed by atoms with E-state index in [4.69, 9.17) is 14.8 Å². The van der Waals surface area contributed by atoms with Crippen LogP contribution in [0.1, 0.15) is 245 Å². The van der Waals surface area contributed by atoms with Gasteiger partial charge >= 0.3 is 7.82 Å². The number of aliphatic hydroxyl groups excluding tert-OH is 1. The van der Waals surface area contributed by atoms with Gasteiger partial charge in [-0.3, -0.25) is 13.8 Å². The van der Waals surface area contributed by atoms with Gasteiger partial charge < -0.3 is 21.1 Å². The summed E-state index contributed by atoms with van der Waals surface area (Å²) in [4.78, 5) is 22.9. The van der Waals surface area contributed by atoms with Crippen molar-refractivity contribution in [1.82, 2.24) is 5.32 Å². The van der Waals surface area contributed by atoms with Crippen molar-refractivity contribution in [3.8, 4) is 0 Å². The Bertz CT molecular complexity index is 1100. The molecule has 61 heavy (non-hydrogen) atoms. The lowest BCUT2D eigenvalue weighted by molar-refractivity contribution is -0.123. The van der Waals surface area contributed by atoms with E-state index in [0.717, 1.165) is 70.6 Å². The molecule has 0 heterocycles. The molecule has 3 unspecified atom stereocenters. The van der Waals surface area contributed by atoms with Crippen LogP contribution in [-0.4, -0.2) is 47.8 Å². The SMILES string of the molecule is CC/C=C\C/C=C\C/C=C\C/C=C\CCCCCCCCCCC(=O)NC(COP(=O)(O)OCCN)C(O)CCCCCCCCCCCCCCCCCCCCCCC. The van der Waals surface area contributed by atoms with Crippen molar-refractivity contribution in [2.75, 3.05) is 19.8 Å². The fourth-order valence-corrected chi connectivity index (χ4v) is 8.36. The van der Waals surface area contributed by atoms with E-state index >= 15 is 0 Å². The fourth-order valence-electron chi connectivity index (χ4n) is 7.60. The number of aliphatic hydroxyl groups is 1. The van der Waals surface area contributed by atoms with Gasteiger partial charge in [0.15, 0.2) is 0 Å². The summed E-state index contributed by atoms with van der Waals surface area (Å²) < 4.78 is 22.3. The number of rotatable bonds is 48. The van der Waals surface area contributed by atoms with Crippen molar-refractivity contribution in [2.45, 2.75) is 257 Å². The average molecular weight is 879 g/mol. The average Bonchev–Trinajstić information content (AvgIpc) is 3.25. The second-order valence-corrected chi connectivity index (χ2v) is 18.8. The summed E-state index contributed by atoms with van der Waals surface area (Å²) in [6.45, 7) is 4.12. The summed E-state index contributed by atoms with van der Waals surface area (Å²) in [5.41, 5.74) is 5.40. The summed E-state index contributed by atoms with van der Waals surface area (Å²) in [5, 5.41) is 13.9. The molecule has 5 N–H and O–H groups in total. The molecule has 8 nitrogen and oxygen atoms in total. The molecule has 9 heteroatoms. The number of carbonyl (C=O) groups is 1. The smallest absolute Gasteiger partial charge is 0.391 e.